The molecule has 0 unspecified atom stereocenters. The Bertz CT molecular complexity index is 583. The van der Waals surface area contributed by atoms with Gasteiger partial charge in [0.05, 0.1) is 11.7 Å². The summed E-state index contributed by atoms with van der Waals surface area (Å²) >= 11 is 0. The molecule has 0 aliphatic carbocycles. The molecule has 0 atom stereocenters. The Labute approximate surface area is 146 Å². The summed E-state index contributed by atoms with van der Waals surface area (Å²) in [7, 11) is 0. The summed E-state index contributed by atoms with van der Waals surface area (Å²) in [4.78, 5) is 16.8. The second kappa shape index (κ2) is 8.10. The number of halogens is 2. The van der Waals surface area contributed by atoms with Crippen LogP contribution in [0.25, 0.3) is 0 Å². The number of hydrogen-bond donors (Lipinski definition) is 1. The van der Waals surface area contributed by atoms with Crippen LogP contribution in [0.1, 0.15) is 36.0 Å². The fraction of sp³-hybridized carbons (Fsp3) is 0.611. The van der Waals surface area contributed by atoms with Crippen LogP contribution in [0.15, 0.2) is 24.3 Å². The Morgan fingerprint density at radius 2 is 1.72 bits per heavy atom. The van der Waals surface area contributed by atoms with E-state index in [1.165, 1.54) is 12.1 Å². The maximum Gasteiger partial charge on any atom is 0.387 e. The van der Waals surface area contributed by atoms with E-state index in [2.05, 4.69) is 9.64 Å². The number of amides is 1. The van der Waals surface area contributed by atoms with Crippen LogP contribution in [-0.4, -0.2) is 65.7 Å². The molecule has 0 radical (unpaired) electrons. The van der Waals surface area contributed by atoms with Gasteiger partial charge in [0.1, 0.15) is 5.75 Å². The molecule has 1 aromatic carbocycles. The Kier molecular flexibility index (Phi) is 5.86. The van der Waals surface area contributed by atoms with Gasteiger partial charge in [0.15, 0.2) is 0 Å². The molecule has 138 valence electrons. The van der Waals surface area contributed by atoms with Crippen molar-refractivity contribution in [2.75, 3.05) is 26.2 Å². The van der Waals surface area contributed by atoms with Gasteiger partial charge in [-0.15, -0.1) is 0 Å². The molecule has 2 aliphatic heterocycles. The van der Waals surface area contributed by atoms with Crippen molar-refractivity contribution in [2.45, 2.75) is 44.4 Å². The number of para-hydroxylation sites is 1. The fourth-order valence-electron chi connectivity index (χ4n) is 3.70. The van der Waals surface area contributed by atoms with Crippen molar-refractivity contribution in [3.05, 3.63) is 29.8 Å². The topological polar surface area (TPSA) is 53.0 Å². The van der Waals surface area contributed by atoms with E-state index < -0.39 is 6.61 Å². The molecule has 0 aromatic heterocycles. The lowest BCUT2D eigenvalue weighted by Gasteiger charge is -2.41. The third kappa shape index (κ3) is 4.46. The Morgan fingerprint density at radius 1 is 1.08 bits per heavy atom. The van der Waals surface area contributed by atoms with Crippen LogP contribution in [0.2, 0.25) is 0 Å². The summed E-state index contributed by atoms with van der Waals surface area (Å²) in [6.45, 7) is 0.0430. The van der Waals surface area contributed by atoms with E-state index in [1.807, 2.05) is 0 Å². The quantitative estimate of drug-likeness (QED) is 0.902. The van der Waals surface area contributed by atoms with Crippen molar-refractivity contribution in [1.29, 1.82) is 0 Å². The number of nitrogens with zero attached hydrogens (tertiary/aromatic N) is 2. The minimum absolute atomic E-state index is 0.0744. The molecule has 7 heteroatoms. The van der Waals surface area contributed by atoms with Crippen molar-refractivity contribution in [1.82, 2.24) is 9.80 Å². The van der Waals surface area contributed by atoms with Gasteiger partial charge in [-0.3, -0.25) is 4.79 Å². The summed E-state index contributed by atoms with van der Waals surface area (Å²) < 4.78 is 29.5. The van der Waals surface area contributed by atoms with Crippen LogP contribution in [0.3, 0.4) is 0 Å². The molecule has 1 N–H and O–H groups in total. The van der Waals surface area contributed by atoms with Gasteiger partial charge in [0.25, 0.3) is 5.91 Å². The van der Waals surface area contributed by atoms with Gasteiger partial charge in [0.2, 0.25) is 0 Å². The zero-order chi connectivity index (χ0) is 17.8. The number of aliphatic hydroxyl groups excluding tert-OH is 1. The van der Waals surface area contributed by atoms with Gasteiger partial charge >= 0.3 is 6.61 Å². The highest BCUT2D eigenvalue weighted by molar-refractivity contribution is 5.97. The predicted molar refractivity (Wildman–Crippen MR) is 88.8 cm³/mol. The van der Waals surface area contributed by atoms with E-state index >= 15 is 0 Å². The molecular formula is C18H24F2N2O3. The maximum atomic E-state index is 12.7. The molecule has 0 bridgehead atoms. The monoisotopic (exact) mass is 354 g/mol. The molecule has 3 rings (SSSR count). The highest BCUT2D eigenvalue weighted by Crippen LogP contribution is 2.25. The SMILES string of the molecule is O=C(c1ccccc1OC(F)F)N1CCC(N2CCC(O)CC2)CC1. The van der Waals surface area contributed by atoms with Gasteiger partial charge in [-0.25, -0.2) is 0 Å². The van der Waals surface area contributed by atoms with Crippen molar-refractivity contribution in [3.63, 3.8) is 0 Å². The lowest BCUT2D eigenvalue weighted by atomic mass is 9.98. The van der Waals surface area contributed by atoms with Crippen molar-refractivity contribution in [3.8, 4) is 5.75 Å². The lowest BCUT2D eigenvalue weighted by Crippen LogP contribution is -2.49. The zero-order valence-corrected chi connectivity index (χ0v) is 14.1. The molecule has 0 saturated carbocycles. The third-order valence-corrected chi connectivity index (χ3v) is 5.10. The minimum atomic E-state index is -2.95. The third-order valence-electron chi connectivity index (χ3n) is 5.10. The van der Waals surface area contributed by atoms with Crippen molar-refractivity contribution >= 4 is 5.91 Å². The molecule has 5 nitrogen and oxygen atoms in total. The molecule has 2 fully saturated rings. The van der Waals surface area contributed by atoms with Gasteiger partial charge in [-0.1, -0.05) is 12.1 Å². The summed E-state index contributed by atoms with van der Waals surface area (Å²) in [5.74, 6) is -0.335. The number of benzene rings is 1. The summed E-state index contributed by atoms with van der Waals surface area (Å²) in [5.41, 5.74) is 0.183. The molecular weight excluding hydrogens is 330 g/mol. The molecule has 25 heavy (non-hydrogen) atoms. The highest BCUT2D eigenvalue weighted by atomic mass is 19.3. The number of carbonyl (C=O) groups excluding carboxylic acids is 1. The first kappa shape index (κ1) is 18.1. The summed E-state index contributed by atoms with van der Waals surface area (Å²) in [6, 6.07) is 6.57. The van der Waals surface area contributed by atoms with E-state index in [0.29, 0.717) is 19.1 Å². The van der Waals surface area contributed by atoms with Crippen LogP contribution in [0.4, 0.5) is 8.78 Å². The van der Waals surface area contributed by atoms with Crippen LogP contribution in [-0.2, 0) is 0 Å². The van der Waals surface area contributed by atoms with Crippen LogP contribution in [0, 0.1) is 0 Å². The summed E-state index contributed by atoms with van der Waals surface area (Å²) in [6.07, 6.45) is 3.14. The Morgan fingerprint density at radius 3 is 2.36 bits per heavy atom. The average molecular weight is 354 g/mol. The Hall–Kier alpha value is -1.73. The number of piperidine rings is 2. The van der Waals surface area contributed by atoms with Gasteiger partial charge in [-0.2, -0.15) is 8.78 Å². The molecule has 2 saturated heterocycles. The van der Waals surface area contributed by atoms with Crippen molar-refractivity contribution in [2.24, 2.45) is 0 Å². The first-order chi connectivity index (χ1) is 12.0. The number of alkyl halides is 2. The second-order valence-electron chi connectivity index (χ2n) is 6.67. The van der Waals surface area contributed by atoms with Crippen LogP contribution < -0.4 is 4.74 Å². The number of aliphatic hydroxyl groups is 1. The van der Waals surface area contributed by atoms with Crippen molar-refractivity contribution < 1.29 is 23.4 Å². The van der Waals surface area contributed by atoms with E-state index in [-0.39, 0.29) is 23.3 Å². The predicted octanol–water partition coefficient (Wildman–Crippen LogP) is 2.35. The smallest absolute Gasteiger partial charge is 0.387 e. The summed E-state index contributed by atoms with van der Waals surface area (Å²) in [5, 5.41) is 9.61. The Balaban J connectivity index is 1.59. The molecule has 1 amide bonds. The number of carbonyl (C=O) groups is 1. The first-order valence-corrected chi connectivity index (χ1v) is 8.80. The van der Waals surface area contributed by atoms with Crippen LogP contribution in [0.5, 0.6) is 5.75 Å². The standard InChI is InChI=1S/C18H24F2N2O3/c19-18(20)25-16-4-2-1-3-15(16)17(24)22-9-5-13(6-10-22)21-11-7-14(23)8-12-21/h1-4,13-14,18,23H,5-12H2. The normalized spacial score (nSPS) is 20.9. The van der Waals surface area contributed by atoms with E-state index in [0.717, 1.165) is 38.8 Å². The van der Waals surface area contributed by atoms with E-state index in [4.69, 9.17) is 0 Å². The zero-order valence-electron chi connectivity index (χ0n) is 14.1. The molecule has 2 heterocycles. The van der Waals surface area contributed by atoms with Crippen LogP contribution >= 0.6 is 0 Å². The molecule has 1 aromatic rings. The first-order valence-electron chi connectivity index (χ1n) is 8.80. The molecule has 2 aliphatic rings. The maximum absolute atomic E-state index is 12.7. The molecule has 0 spiro atoms. The fourth-order valence-corrected chi connectivity index (χ4v) is 3.70. The highest BCUT2D eigenvalue weighted by Gasteiger charge is 2.30. The number of ether oxygens (including phenoxy) is 1. The number of rotatable bonds is 4. The van der Waals surface area contributed by atoms with E-state index in [9.17, 15) is 18.7 Å². The number of hydrogen-bond acceptors (Lipinski definition) is 4. The largest absolute Gasteiger partial charge is 0.434 e. The van der Waals surface area contributed by atoms with Gasteiger partial charge in [0, 0.05) is 32.2 Å². The van der Waals surface area contributed by atoms with Gasteiger partial charge in [-0.05, 0) is 37.8 Å². The second-order valence-corrected chi connectivity index (χ2v) is 6.67. The minimum Gasteiger partial charge on any atom is -0.434 e. The average Bonchev–Trinajstić information content (AvgIpc) is 2.62. The lowest BCUT2D eigenvalue weighted by molar-refractivity contribution is -0.0503. The van der Waals surface area contributed by atoms with Gasteiger partial charge < -0.3 is 19.6 Å². The van der Waals surface area contributed by atoms with E-state index in [1.54, 1.807) is 17.0 Å². The number of likely N-dealkylation sites (tertiary alicyclic amines) is 2.